The Bertz CT molecular complexity index is 3890. The molecule has 0 unspecified atom stereocenters. The first-order valence-corrected chi connectivity index (χ1v) is 23.4. The molecule has 11 aromatic rings. The van der Waals surface area contributed by atoms with Crippen molar-refractivity contribution in [1.82, 2.24) is 4.48 Å². The topological polar surface area (TPSA) is 34.5 Å². The molecule has 2 aliphatic heterocycles. The van der Waals surface area contributed by atoms with Gasteiger partial charge in [0.15, 0.2) is 5.58 Å². The van der Waals surface area contributed by atoms with E-state index in [0.717, 1.165) is 68.5 Å². The van der Waals surface area contributed by atoms with E-state index in [1.54, 1.807) is 0 Å². The van der Waals surface area contributed by atoms with Gasteiger partial charge in [-0.1, -0.05) is 152 Å². The molecule has 3 aliphatic rings. The molecule has 0 saturated heterocycles. The molecular weight excluding hydrogens is 791 g/mol. The zero-order chi connectivity index (χ0) is 43.9. The van der Waals surface area contributed by atoms with Gasteiger partial charge in [0.25, 0.3) is 0 Å². The number of para-hydroxylation sites is 2. The Morgan fingerprint density at radius 2 is 1.28 bits per heavy atom. The van der Waals surface area contributed by atoms with Crippen LogP contribution in [0.5, 0.6) is 0 Å². The predicted molar refractivity (Wildman–Crippen MR) is 274 cm³/mol. The van der Waals surface area contributed by atoms with Crippen molar-refractivity contribution >= 4 is 101 Å². The summed E-state index contributed by atoms with van der Waals surface area (Å²) in [6, 6.07) is 54.5. The third-order valence-electron chi connectivity index (χ3n) is 15.8. The fraction of sp³-hybridized carbons (Fsp3) is 0.200. The monoisotopic (exact) mass is 840 g/mol. The van der Waals surface area contributed by atoms with Crippen LogP contribution in [0, 0.1) is 0 Å². The second-order valence-corrected chi connectivity index (χ2v) is 21.5. The number of hydrogen-bond acceptors (Lipinski definition) is 3. The molecule has 65 heavy (non-hydrogen) atoms. The van der Waals surface area contributed by atoms with Gasteiger partial charge in [-0.15, -0.1) is 0 Å². The van der Waals surface area contributed by atoms with Gasteiger partial charge in [0.1, 0.15) is 16.8 Å². The van der Waals surface area contributed by atoms with Crippen LogP contribution in [-0.4, -0.2) is 11.3 Å². The molecule has 3 aromatic heterocycles. The van der Waals surface area contributed by atoms with Crippen LogP contribution < -0.4 is 16.0 Å². The average molecular weight is 841 g/mol. The summed E-state index contributed by atoms with van der Waals surface area (Å²) in [6.07, 6.45) is 2.26. The third-order valence-corrected chi connectivity index (χ3v) is 15.8. The van der Waals surface area contributed by atoms with E-state index < -0.39 is 0 Å². The summed E-state index contributed by atoms with van der Waals surface area (Å²) in [4.78, 5) is 2.57. The first-order chi connectivity index (χ1) is 31.4. The molecule has 0 bridgehead atoms. The van der Waals surface area contributed by atoms with Crippen molar-refractivity contribution in [1.29, 1.82) is 0 Å². The van der Waals surface area contributed by atoms with Crippen molar-refractivity contribution in [2.45, 2.75) is 77.6 Å². The number of fused-ring (bicyclic) bond motifs is 16. The van der Waals surface area contributed by atoms with E-state index in [4.69, 9.17) is 8.83 Å². The second kappa shape index (κ2) is 12.4. The number of aromatic nitrogens is 1. The molecule has 0 N–H and O–H groups in total. The van der Waals surface area contributed by atoms with Crippen molar-refractivity contribution in [2.24, 2.45) is 0 Å². The van der Waals surface area contributed by atoms with Gasteiger partial charge in [-0.05, 0) is 116 Å². The van der Waals surface area contributed by atoms with Crippen LogP contribution >= 0.6 is 0 Å². The molecule has 314 valence electrons. The summed E-state index contributed by atoms with van der Waals surface area (Å²) < 4.78 is 17.6. The lowest BCUT2D eigenvalue weighted by Crippen LogP contribution is -2.56. The summed E-state index contributed by atoms with van der Waals surface area (Å²) in [6.45, 7) is 16.3. The molecule has 0 atom stereocenters. The Hall–Kier alpha value is -6.98. The number of rotatable bonds is 2. The highest BCUT2D eigenvalue weighted by Crippen LogP contribution is 2.55. The molecule has 5 heterocycles. The molecule has 4 nitrogen and oxygen atoms in total. The Labute approximate surface area is 379 Å². The number of furan rings is 2. The minimum atomic E-state index is -0.278. The molecule has 14 rings (SSSR count). The van der Waals surface area contributed by atoms with Gasteiger partial charge in [0.2, 0.25) is 0 Å². The van der Waals surface area contributed by atoms with Gasteiger partial charge in [-0.25, -0.2) is 0 Å². The molecule has 8 aromatic carbocycles. The normalized spacial score (nSPS) is 16.0. The summed E-state index contributed by atoms with van der Waals surface area (Å²) in [7, 11) is 0. The Kier molecular flexibility index (Phi) is 7.15. The van der Waals surface area contributed by atoms with Gasteiger partial charge in [-0.3, -0.25) is 0 Å². The third kappa shape index (κ3) is 4.88. The highest BCUT2D eigenvalue weighted by Gasteiger charge is 2.49. The molecular formula is C60H49BN2O2. The van der Waals surface area contributed by atoms with Crippen molar-refractivity contribution in [2.75, 3.05) is 4.90 Å². The quantitative estimate of drug-likeness (QED) is 0.163. The van der Waals surface area contributed by atoms with E-state index in [9.17, 15) is 0 Å². The minimum Gasteiger partial charge on any atom is -0.466 e. The van der Waals surface area contributed by atoms with Gasteiger partial charge >= 0.3 is 6.85 Å². The molecule has 0 saturated carbocycles. The van der Waals surface area contributed by atoms with E-state index >= 15 is 0 Å². The van der Waals surface area contributed by atoms with Crippen LogP contribution in [0.15, 0.2) is 154 Å². The van der Waals surface area contributed by atoms with Crippen LogP contribution in [0.1, 0.15) is 78.0 Å². The lowest BCUT2D eigenvalue weighted by atomic mass is 9.47. The van der Waals surface area contributed by atoms with Crippen molar-refractivity contribution in [3.05, 3.63) is 162 Å². The number of hydrogen-bond donors (Lipinski definition) is 0. The van der Waals surface area contributed by atoms with Crippen LogP contribution in [0.3, 0.4) is 0 Å². The SMILES string of the molecule is CC(C)(C)c1ccc(N2c3c(oc4cc5c(cc34)C(C)(C)CCC5(C)C)B3c4c(cc5c(oc6ccccc65)c42)-c2cccc4c5c6ccccc6ccc5n3c24)c(-c2ccccc2)c1. The van der Waals surface area contributed by atoms with Crippen LogP contribution in [0.4, 0.5) is 17.1 Å². The summed E-state index contributed by atoms with van der Waals surface area (Å²) >= 11 is 0. The fourth-order valence-corrected chi connectivity index (χ4v) is 12.3. The summed E-state index contributed by atoms with van der Waals surface area (Å²) in [5.41, 5.74) is 19.5. The maximum atomic E-state index is 7.67. The smallest absolute Gasteiger partial charge is 0.376 e. The Balaban J connectivity index is 1.22. The van der Waals surface area contributed by atoms with Gasteiger partial charge in [0, 0.05) is 49.1 Å². The first kappa shape index (κ1) is 37.4. The Morgan fingerprint density at radius 1 is 0.554 bits per heavy atom. The van der Waals surface area contributed by atoms with Crippen LogP contribution in [0.25, 0.3) is 87.7 Å². The number of anilines is 3. The summed E-state index contributed by atoms with van der Waals surface area (Å²) in [5, 5.41) is 8.44. The molecule has 5 heteroatoms. The van der Waals surface area contributed by atoms with Crippen molar-refractivity contribution < 1.29 is 8.83 Å². The Morgan fingerprint density at radius 3 is 2.08 bits per heavy atom. The highest BCUT2D eigenvalue weighted by atomic mass is 16.3. The van der Waals surface area contributed by atoms with E-state index in [1.165, 1.54) is 77.0 Å². The van der Waals surface area contributed by atoms with Crippen molar-refractivity contribution in [3.8, 4) is 22.3 Å². The van der Waals surface area contributed by atoms with Gasteiger partial charge < -0.3 is 18.2 Å². The number of benzene rings is 8. The van der Waals surface area contributed by atoms with Crippen LogP contribution in [0.2, 0.25) is 0 Å². The van der Waals surface area contributed by atoms with E-state index in [0.29, 0.717) is 0 Å². The van der Waals surface area contributed by atoms with E-state index in [1.807, 2.05) is 0 Å². The molecule has 0 fully saturated rings. The van der Waals surface area contributed by atoms with E-state index in [2.05, 4.69) is 203 Å². The molecule has 1 aliphatic carbocycles. The molecule has 0 radical (unpaired) electrons. The second-order valence-electron chi connectivity index (χ2n) is 21.5. The molecule has 0 spiro atoms. The van der Waals surface area contributed by atoms with Gasteiger partial charge in [0.05, 0.1) is 17.1 Å². The molecule has 0 amide bonds. The average Bonchev–Trinajstić information content (AvgIpc) is 3.99. The lowest BCUT2D eigenvalue weighted by molar-refractivity contribution is 0.332. The minimum absolute atomic E-state index is 0.00302. The number of nitrogens with zero attached hydrogens (tertiary/aromatic N) is 2. The first-order valence-electron chi connectivity index (χ1n) is 23.4. The van der Waals surface area contributed by atoms with Crippen LogP contribution in [-0.2, 0) is 16.2 Å². The zero-order valence-electron chi connectivity index (χ0n) is 38.1. The largest absolute Gasteiger partial charge is 0.466 e. The maximum absolute atomic E-state index is 7.67. The summed E-state index contributed by atoms with van der Waals surface area (Å²) in [5.74, 6) is 0. The highest BCUT2D eigenvalue weighted by molar-refractivity contribution is 6.90. The lowest BCUT2D eigenvalue weighted by Gasteiger charge is -2.42. The van der Waals surface area contributed by atoms with Gasteiger partial charge in [-0.2, -0.15) is 0 Å². The predicted octanol–water partition coefficient (Wildman–Crippen LogP) is 15.3. The maximum Gasteiger partial charge on any atom is 0.376 e. The van der Waals surface area contributed by atoms with Crippen molar-refractivity contribution in [3.63, 3.8) is 0 Å². The zero-order valence-corrected chi connectivity index (χ0v) is 38.1. The standard InChI is InChI=1S/C60H49BN2O2/c1-58(2,3)36-25-27-47(41(30-36)34-16-9-8-10-17-34)62-54-44-32-45-46(60(6,7)29-28-59(45,4)5)33-50(44)65-57(54)61-52-42(31-43-38-20-13-14-23-49(38)64-56(43)55(52)62)39-21-15-22-40-51-37-19-12-11-18-35(37)24-26-48(51)63(61)53(39)40/h8-27,30-33H,28-29H2,1-7H3. The van der Waals surface area contributed by atoms with E-state index in [-0.39, 0.29) is 23.1 Å². The fourth-order valence-electron chi connectivity index (χ4n) is 12.3.